The van der Waals surface area contributed by atoms with Gasteiger partial charge in [-0.1, -0.05) is 52.3 Å². The number of aromatic nitrogens is 2. The highest BCUT2D eigenvalue weighted by molar-refractivity contribution is 9.10. The van der Waals surface area contributed by atoms with Gasteiger partial charge in [0, 0.05) is 16.9 Å². The van der Waals surface area contributed by atoms with Crippen molar-refractivity contribution in [1.29, 1.82) is 0 Å². The first-order valence-corrected chi connectivity index (χ1v) is 7.82. The quantitative estimate of drug-likeness (QED) is 0.779. The van der Waals surface area contributed by atoms with Gasteiger partial charge in [-0.05, 0) is 31.2 Å². The zero-order chi connectivity index (χ0) is 14.8. The van der Waals surface area contributed by atoms with Crippen LogP contribution in [0.25, 0.3) is 10.9 Å². The lowest BCUT2D eigenvalue weighted by Gasteiger charge is -2.15. The summed E-state index contributed by atoms with van der Waals surface area (Å²) in [5.41, 5.74) is 3.55. The maximum atomic E-state index is 4.73. The number of rotatable bonds is 4. The van der Waals surface area contributed by atoms with Gasteiger partial charge in [0.1, 0.15) is 0 Å². The van der Waals surface area contributed by atoms with E-state index in [4.69, 9.17) is 5.10 Å². The summed E-state index contributed by atoms with van der Waals surface area (Å²) in [5, 5.41) is 9.34. The van der Waals surface area contributed by atoms with Crippen molar-refractivity contribution in [2.45, 2.75) is 12.5 Å². The molecule has 1 unspecified atom stereocenters. The Balaban J connectivity index is 2.01. The van der Waals surface area contributed by atoms with Crippen LogP contribution in [0, 0.1) is 0 Å². The predicted octanol–water partition coefficient (Wildman–Crippen LogP) is 3.84. The zero-order valence-corrected chi connectivity index (χ0v) is 13.8. The molecule has 0 aliphatic carbocycles. The molecule has 2 aromatic carbocycles. The molecule has 0 saturated heterocycles. The molecule has 4 heteroatoms. The van der Waals surface area contributed by atoms with Crippen molar-refractivity contribution >= 4 is 26.8 Å². The normalized spacial score (nSPS) is 12.7. The van der Waals surface area contributed by atoms with E-state index in [1.165, 1.54) is 16.5 Å². The molecule has 1 N–H and O–H groups in total. The van der Waals surface area contributed by atoms with Crippen LogP contribution in [-0.4, -0.2) is 16.8 Å². The van der Waals surface area contributed by atoms with Crippen molar-refractivity contribution in [3.05, 3.63) is 64.3 Å². The molecule has 0 radical (unpaired) electrons. The Morgan fingerprint density at radius 3 is 2.62 bits per heavy atom. The van der Waals surface area contributed by atoms with Gasteiger partial charge >= 0.3 is 0 Å². The largest absolute Gasteiger partial charge is 0.311 e. The van der Waals surface area contributed by atoms with Crippen LogP contribution in [0.15, 0.2) is 53.0 Å². The van der Waals surface area contributed by atoms with Gasteiger partial charge in [0.05, 0.1) is 17.3 Å². The Bertz CT molecular complexity index is 764. The van der Waals surface area contributed by atoms with Crippen LogP contribution < -0.4 is 5.32 Å². The van der Waals surface area contributed by atoms with Gasteiger partial charge in [0.25, 0.3) is 0 Å². The van der Waals surface area contributed by atoms with Gasteiger partial charge in [-0.25, -0.2) is 0 Å². The number of nitrogens with one attached hydrogen (secondary N) is 1. The van der Waals surface area contributed by atoms with Crippen molar-refractivity contribution in [3.8, 4) is 0 Å². The molecule has 0 saturated carbocycles. The van der Waals surface area contributed by atoms with Crippen molar-refractivity contribution in [2.24, 2.45) is 7.05 Å². The van der Waals surface area contributed by atoms with E-state index in [-0.39, 0.29) is 6.04 Å². The Hall–Kier alpha value is -1.65. The number of nitrogens with zero attached hydrogens (tertiary/aromatic N) is 2. The van der Waals surface area contributed by atoms with E-state index in [0.29, 0.717) is 0 Å². The third-order valence-corrected chi connectivity index (χ3v) is 4.62. The summed E-state index contributed by atoms with van der Waals surface area (Å²) >= 11 is 3.63. The van der Waals surface area contributed by atoms with E-state index in [0.717, 1.165) is 16.6 Å². The van der Waals surface area contributed by atoms with Crippen LogP contribution in [0.1, 0.15) is 17.3 Å². The van der Waals surface area contributed by atoms with Gasteiger partial charge in [0.15, 0.2) is 0 Å². The van der Waals surface area contributed by atoms with Crippen LogP contribution >= 0.6 is 15.9 Å². The van der Waals surface area contributed by atoms with Crippen LogP contribution in [0.4, 0.5) is 0 Å². The standard InChI is InChI=1S/C17H18BrN3/c1-19-15(11-12-7-3-5-9-14(12)18)17-13-8-4-6-10-16(13)21(2)20-17/h3-10,15,19H,11H2,1-2H3. The van der Waals surface area contributed by atoms with Crippen molar-refractivity contribution in [2.75, 3.05) is 7.05 Å². The van der Waals surface area contributed by atoms with Gasteiger partial charge < -0.3 is 5.32 Å². The first kappa shape index (κ1) is 14.3. The van der Waals surface area contributed by atoms with Crippen LogP contribution in [0.5, 0.6) is 0 Å². The topological polar surface area (TPSA) is 29.9 Å². The maximum absolute atomic E-state index is 4.73. The summed E-state index contributed by atoms with van der Waals surface area (Å²) in [6, 6.07) is 16.9. The average Bonchev–Trinajstić information content (AvgIpc) is 2.84. The molecule has 3 nitrogen and oxygen atoms in total. The average molecular weight is 344 g/mol. The molecule has 0 bridgehead atoms. The Kier molecular flexibility index (Phi) is 4.08. The lowest BCUT2D eigenvalue weighted by molar-refractivity contribution is 0.566. The number of benzene rings is 2. The van der Waals surface area contributed by atoms with Crippen molar-refractivity contribution < 1.29 is 0 Å². The minimum Gasteiger partial charge on any atom is -0.311 e. The molecule has 3 aromatic rings. The first-order chi connectivity index (χ1) is 10.2. The molecule has 1 aromatic heterocycles. The molecule has 3 rings (SSSR count). The molecule has 0 aliphatic heterocycles. The van der Waals surface area contributed by atoms with Crippen LogP contribution in [0.2, 0.25) is 0 Å². The monoisotopic (exact) mass is 343 g/mol. The van der Waals surface area contributed by atoms with Gasteiger partial charge in [-0.2, -0.15) is 5.10 Å². The Morgan fingerprint density at radius 1 is 1.14 bits per heavy atom. The molecular weight excluding hydrogens is 326 g/mol. The van der Waals surface area contributed by atoms with E-state index in [9.17, 15) is 0 Å². The molecule has 0 spiro atoms. The summed E-state index contributed by atoms with van der Waals surface area (Å²) < 4.78 is 3.10. The van der Waals surface area contributed by atoms with Crippen LogP contribution in [-0.2, 0) is 13.5 Å². The second-order valence-electron chi connectivity index (χ2n) is 5.16. The number of aryl methyl sites for hydroxylation is 1. The van der Waals surface area contributed by atoms with E-state index < -0.39 is 0 Å². The highest BCUT2D eigenvalue weighted by Gasteiger charge is 2.18. The van der Waals surface area contributed by atoms with Crippen LogP contribution in [0.3, 0.4) is 0 Å². The molecule has 0 aliphatic rings. The zero-order valence-electron chi connectivity index (χ0n) is 12.2. The molecule has 21 heavy (non-hydrogen) atoms. The minimum absolute atomic E-state index is 0.190. The van der Waals surface area contributed by atoms with Gasteiger partial charge in [0.2, 0.25) is 0 Å². The molecule has 0 amide bonds. The van der Waals surface area contributed by atoms with E-state index in [1.54, 1.807) is 0 Å². The van der Waals surface area contributed by atoms with E-state index in [1.807, 2.05) is 24.8 Å². The fourth-order valence-electron chi connectivity index (χ4n) is 2.72. The Labute approximate surface area is 133 Å². The predicted molar refractivity (Wildman–Crippen MR) is 90.4 cm³/mol. The number of halogens is 1. The minimum atomic E-state index is 0.190. The van der Waals surface area contributed by atoms with Crippen molar-refractivity contribution in [1.82, 2.24) is 15.1 Å². The number of likely N-dealkylation sites (N-methyl/N-ethyl adjacent to an activating group) is 1. The number of hydrogen-bond donors (Lipinski definition) is 1. The highest BCUT2D eigenvalue weighted by atomic mass is 79.9. The molecule has 0 fully saturated rings. The second kappa shape index (κ2) is 6.00. The highest BCUT2D eigenvalue weighted by Crippen LogP contribution is 2.27. The fourth-order valence-corrected chi connectivity index (χ4v) is 3.17. The molecular formula is C17H18BrN3. The first-order valence-electron chi connectivity index (χ1n) is 7.03. The summed E-state index contributed by atoms with van der Waals surface area (Å²) in [4.78, 5) is 0. The lowest BCUT2D eigenvalue weighted by atomic mass is 10.0. The number of para-hydroxylation sites is 1. The van der Waals surface area contributed by atoms with Crippen molar-refractivity contribution in [3.63, 3.8) is 0 Å². The summed E-state index contributed by atoms with van der Waals surface area (Å²) in [6.07, 6.45) is 0.902. The molecule has 108 valence electrons. The summed E-state index contributed by atoms with van der Waals surface area (Å²) in [6.45, 7) is 0. The third-order valence-electron chi connectivity index (χ3n) is 3.85. The van der Waals surface area contributed by atoms with Gasteiger partial charge in [-0.15, -0.1) is 0 Å². The van der Waals surface area contributed by atoms with E-state index in [2.05, 4.69) is 63.7 Å². The summed E-state index contributed by atoms with van der Waals surface area (Å²) in [7, 11) is 3.99. The smallest absolute Gasteiger partial charge is 0.0875 e. The SMILES string of the molecule is CNC(Cc1ccccc1Br)c1nn(C)c2ccccc12. The summed E-state index contributed by atoms with van der Waals surface area (Å²) in [5.74, 6) is 0. The fraction of sp³-hybridized carbons (Fsp3) is 0.235. The van der Waals surface area contributed by atoms with E-state index >= 15 is 0 Å². The lowest BCUT2D eigenvalue weighted by Crippen LogP contribution is -2.20. The third kappa shape index (κ3) is 2.74. The van der Waals surface area contributed by atoms with Gasteiger partial charge in [-0.3, -0.25) is 4.68 Å². The number of fused-ring (bicyclic) bond motifs is 1. The Morgan fingerprint density at radius 2 is 1.86 bits per heavy atom. The second-order valence-corrected chi connectivity index (χ2v) is 6.02. The molecule has 1 heterocycles. The molecule has 1 atom stereocenters. The maximum Gasteiger partial charge on any atom is 0.0875 e. The number of hydrogen-bond acceptors (Lipinski definition) is 2.